The third-order valence-corrected chi connectivity index (χ3v) is 2.66. The van der Waals surface area contributed by atoms with E-state index in [0.717, 1.165) is 5.88 Å². The minimum atomic E-state index is -0.321. The van der Waals surface area contributed by atoms with Crippen molar-refractivity contribution < 1.29 is 4.74 Å². The molecule has 0 radical (unpaired) electrons. The minimum absolute atomic E-state index is 0.321. The van der Waals surface area contributed by atoms with Crippen molar-refractivity contribution in [3.8, 4) is 0 Å². The van der Waals surface area contributed by atoms with Gasteiger partial charge < -0.3 is 0 Å². The first-order chi connectivity index (χ1) is 3.43. The van der Waals surface area contributed by atoms with Crippen LogP contribution in [0.25, 0.3) is 0 Å². The molecule has 7 heavy (non-hydrogen) atoms. The molecule has 0 aliphatic carbocycles. The van der Waals surface area contributed by atoms with Gasteiger partial charge in [0, 0.05) is 0 Å². The first-order valence-electron chi connectivity index (χ1n) is 1.96. The van der Waals surface area contributed by atoms with Gasteiger partial charge in [-0.3, -0.25) is 0 Å². The Morgan fingerprint density at radius 1 is 1.86 bits per heavy atom. The Morgan fingerprint density at radius 3 is 3.00 bits per heavy atom. The Kier molecular flexibility index (Phi) is 1.75. The van der Waals surface area contributed by atoms with Crippen molar-refractivity contribution in [2.45, 2.75) is 0 Å². The molecule has 0 spiro atoms. The molecule has 1 rings (SSSR count). The van der Waals surface area contributed by atoms with Crippen LogP contribution in [-0.4, -0.2) is 32.9 Å². The predicted octanol–water partition coefficient (Wildman–Crippen LogP) is -0.0899. The van der Waals surface area contributed by atoms with Gasteiger partial charge >= 0.3 is 52.5 Å². The zero-order valence-electron chi connectivity index (χ0n) is 4.01. The van der Waals surface area contributed by atoms with Gasteiger partial charge in [0.15, 0.2) is 0 Å². The standard InChI is InChI=1S/C4H5NO.Sb.H/c1-4(5-2)6-3;;/h1-2H,3H3;;. The summed E-state index contributed by atoms with van der Waals surface area (Å²) in [6.45, 7) is 0. The predicted molar refractivity (Wildman–Crippen MR) is 30.7 cm³/mol. The molecule has 0 N–H and O–H groups in total. The Balaban J connectivity index is 2.52. The third-order valence-electron chi connectivity index (χ3n) is 0.682. The van der Waals surface area contributed by atoms with Crippen molar-refractivity contribution in [3.63, 3.8) is 0 Å². The SMILES string of the molecule is COC1=[CH][SbH][CH]=N1. The zero-order valence-corrected chi connectivity index (χ0v) is 6.86. The maximum atomic E-state index is 4.82. The summed E-state index contributed by atoms with van der Waals surface area (Å²) >= 11 is -0.321. The Morgan fingerprint density at radius 2 is 2.71 bits per heavy atom. The van der Waals surface area contributed by atoms with Gasteiger partial charge in [0.25, 0.3) is 0 Å². The van der Waals surface area contributed by atoms with Crippen LogP contribution in [0.5, 0.6) is 0 Å². The van der Waals surface area contributed by atoms with Crippen LogP contribution in [0.15, 0.2) is 14.9 Å². The summed E-state index contributed by atoms with van der Waals surface area (Å²) in [6.07, 6.45) is 0. The molecular weight excluding hydrogens is 200 g/mol. The van der Waals surface area contributed by atoms with Gasteiger partial charge in [0.2, 0.25) is 0 Å². The average molecular weight is 206 g/mol. The van der Waals surface area contributed by atoms with E-state index in [1.165, 1.54) is 0 Å². The molecule has 0 amide bonds. The molecule has 0 fully saturated rings. The van der Waals surface area contributed by atoms with Crippen molar-refractivity contribution in [1.82, 2.24) is 0 Å². The summed E-state index contributed by atoms with van der Waals surface area (Å²) in [5.41, 5.74) is 0. The van der Waals surface area contributed by atoms with Gasteiger partial charge in [-0.2, -0.15) is 0 Å². The molecule has 0 atom stereocenters. The van der Waals surface area contributed by atoms with Crippen LogP contribution in [0, 0.1) is 0 Å². The molecule has 1 aliphatic rings. The van der Waals surface area contributed by atoms with Gasteiger partial charge in [-0.1, -0.05) is 0 Å². The molecule has 0 aromatic heterocycles. The number of nitrogens with zero attached hydrogens (tertiary/aromatic N) is 1. The second-order valence-corrected chi connectivity index (χ2v) is 3.62. The quantitative estimate of drug-likeness (QED) is 0.549. The Hall–Kier alpha value is 0.0282. The van der Waals surface area contributed by atoms with Crippen LogP contribution in [-0.2, 0) is 4.74 Å². The zero-order chi connectivity index (χ0) is 5.11. The molecule has 38 valence electrons. The van der Waals surface area contributed by atoms with Crippen LogP contribution >= 0.6 is 0 Å². The van der Waals surface area contributed by atoms with Gasteiger partial charge in [0.05, 0.1) is 0 Å². The van der Waals surface area contributed by atoms with E-state index in [4.69, 9.17) is 4.74 Å². The number of hydrogen-bond acceptors (Lipinski definition) is 2. The molecule has 0 aromatic rings. The van der Waals surface area contributed by atoms with Gasteiger partial charge in [-0.15, -0.1) is 0 Å². The van der Waals surface area contributed by atoms with E-state index in [-0.39, 0.29) is 21.6 Å². The summed E-state index contributed by atoms with van der Waals surface area (Å²) in [4.78, 5) is 3.94. The normalized spacial score (nSPS) is 17.0. The molecule has 2 nitrogen and oxygen atoms in total. The van der Waals surface area contributed by atoms with Crippen molar-refractivity contribution in [2.24, 2.45) is 4.99 Å². The van der Waals surface area contributed by atoms with Crippen molar-refractivity contribution in [2.75, 3.05) is 7.11 Å². The van der Waals surface area contributed by atoms with Crippen LogP contribution in [0.3, 0.4) is 0 Å². The van der Waals surface area contributed by atoms with Gasteiger partial charge in [-0.25, -0.2) is 0 Å². The van der Waals surface area contributed by atoms with E-state index in [2.05, 4.69) is 9.01 Å². The summed E-state index contributed by atoms with van der Waals surface area (Å²) in [5, 5.41) is 0. The topological polar surface area (TPSA) is 21.6 Å². The molecule has 1 heterocycles. The summed E-state index contributed by atoms with van der Waals surface area (Å²) in [6, 6.07) is 0. The van der Waals surface area contributed by atoms with Crippen molar-refractivity contribution in [1.29, 1.82) is 0 Å². The van der Waals surface area contributed by atoms with Crippen LogP contribution < -0.4 is 0 Å². The van der Waals surface area contributed by atoms with E-state index in [0.29, 0.717) is 0 Å². The number of methoxy groups -OCH3 is 1. The fourth-order valence-electron chi connectivity index (χ4n) is 0.358. The molecule has 3 heteroatoms. The Labute approximate surface area is 52.8 Å². The maximum absolute atomic E-state index is 4.82. The van der Waals surface area contributed by atoms with Gasteiger partial charge in [-0.05, 0) is 0 Å². The molecule has 0 aromatic carbocycles. The first-order valence-corrected chi connectivity index (χ1v) is 5.26. The third kappa shape index (κ3) is 1.20. The number of rotatable bonds is 1. The molecule has 0 saturated heterocycles. The van der Waals surface area contributed by atoms with Crippen LogP contribution in [0.4, 0.5) is 0 Å². The fraction of sp³-hybridized carbons (Fsp3) is 0.250. The summed E-state index contributed by atoms with van der Waals surface area (Å²) < 4.78 is 8.91. The summed E-state index contributed by atoms with van der Waals surface area (Å²) in [7, 11) is 1.65. The van der Waals surface area contributed by atoms with Crippen molar-refractivity contribution >= 4 is 25.8 Å². The Bertz CT molecular complexity index is 119. The number of hydrogen-bond donors (Lipinski definition) is 0. The van der Waals surface area contributed by atoms with E-state index < -0.39 is 0 Å². The van der Waals surface area contributed by atoms with E-state index >= 15 is 0 Å². The second kappa shape index (κ2) is 2.36. The van der Waals surface area contributed by atoms with Crippen molar-refractivity contribution in [3.05, 3.63) is 9.91 Å². The van der Waals surface area contributed by atoms with Crippen LogP contribution in [0.2, 0.25) is 0 Å². The van der Waals surface area contributed by atoms with Crippen LogP contribution in [0.1, 0.15) is 0 Å². The van der Waals surface area contributed by atoms with E-state index in [1.807, 2.05) is 4.16 Å². The second-order valence-electron chi connectivity index (χ2n) is 1.11. The average Bonchev–Trinajstić information content (AvgIpc) is 2.14. The van der Waals surface area contributed by atoms with E-state index in [1.54, 1.807) is 7.11 Å². The fourth-order valence-corrected chi connectivity index (χ4v) is 2.10. The summed E-state index contributed by atoms with van der Waals surface area (Å²) in [5.74, 6) is 0.812. The molecule has 1 aliphatic heterocycles. The molecule has 0 saturated carbocycles. The monoisotopic (exact) mass is 205 g/mol. The molecule has 0 bridgehead atoms. The number of aliphatic imine (C=N–C) groups is 1. The molecule has 0 unspecified atom stereocenters. The molecular formula is C4H6NOSb. The van der Waals surface area contributed by atoms with Gasteiger partial charge in [0.1, 0.15) is 0 Å². The first kappa shape index (κ1) is 5.17. The number of ether oxygens (including phenoxy) is 1. The van der Waals surface area contributed by atoms with E-state index in [9.17, 15) is 0 Å².